The van der Waals surface area contributed by atoms with E-state index in [1.807, 2.05) is 0 Å². The van der Waals surface area contributed by atoms with Gasteiger partial charge in [0, 0.05) is 38.3 Å². The van der Waals surface area contributed by atoms with Crippen LogP contribution in [-0.2, 0) is 6.42 Å². The van der Waals surface area contributed by atoms with E-state index >= 15 is 0 Å². The number of nitrogens with zero attached hydrogens (tertiary/aromatic N) is 4. The van der Waals surface area contributed by atoms with Gasteiger partial charge in [-0.05, 0) is 24.3 Å². The van der Waals surface area contributed by atoms with Crippen LogP contribution in [0.1, 0.15) is 26.4 Å². The van der Waals surface area contributed by atoms with Crippen molar-refractivity contribution in [3.8, 4) is 6.01 Å². The average molecular weight is 341 g/mol. The Morgan fingerprint density at radius 1 is 1.24 bits per heavy atom. The molecule has 3 rings (SSSR count). The Labute approximate surface area is 145 Å². The summed E-state index contributed by atoms with van der Waals surface area (Å²) in [5.41, 5.74) is 8.07. The van der Waals surface area contributed by atoms with Gasteiger partial charge >= 0.3 is 6.01 Å². The molecule has 1 aliphatic heterocycles. The number of hydrogen-bond acceptors (Lipinski definition) is 6. The summed E-state index contributed by atoms with van der Waals surface area (Å²) in [6.45, 7) is 0.465. The number of amides is 2. The van der Waals surface area contributed by atoms with Crippen molar-refractivity contribution in [2.24, 2.45) is 0 Å². The van der Waals surface area contributed by atoms with E-state index in [1.165, 1.54) is 12.0 Å². The summed E-state index contributed by atoms with van der Waals surface area (Å²) in [5.74, 6) is -0.240. The fourth-order valence-corrected chi connectivity index (χ4v) is 2.75. The van der Waals surface area contributed by atoms with E-state index in [2.05, 4.69) is 9.97 Å². The predicted molar refractivity (Wildman–Crippen MR) is 92.8 cm³/mol. The van der Waals surface area contributed by atoms with E-state index in [-0.39, 0.29) is 23.6 Å². The minimum absolute atomic E-state index is 0.0911. The Morgan fingerprint density at radius 3 is 2.52 bits per heavy atom. The average Bonchev–Trinajstić information content (AvgIpc) is 2.61. The van der Waals surface area contributed by atoms with Crippen molar-refractivity contribution in [1.29, 1.82) is 0 Å². The van der Waals surface area contributed by atoms with Gasteiger partial charge in [-0.25, -0.2) is 0 Å². The van der Waals surface area contributed by atoms with Gasteiger partial charge in [-0.1, -0.05) is 0 Å². The summed E-state index contributed by atoms with van der Waals surface area (Å²) < 4.78 is 5.00. The minimum Gasteiger partial charge on any atom is -0.467 e. The molecule has 0 bridgehead atoms. The van der Waals surface area contributed by atoms with Gasteiger partial charge in [0.05, 0.1) is 12.8 Å². The van der Waals surface area contributed by atoms with Crippen molar-refractivity contribution in [1.82, 2.24) is 14.9 Å². The number of ether oxygens (including phenoxy) is 1. The number of rotatable bonds is 3. The van der Waals surface area contributed by atoms with Crippen molar-refractivity contribution in [2.45, 2.75) is 6.42 Å². The SMILES string of the molecule is COc1nc(N)c2c(n1)CCN(c1ccc(C(=O)N(C)C)cc1)C2=O. The first kappa shape index (κ1) is 16.7. The molecule has 8 heteroatoms. The summed E-state index contributed by atoms with van der Waals surface area (Å²) in [6, 6.07) is 7.06. The van der Waals surface area contributed by atoms with Gasteiger partial charge in [-0.15, -0.1) is 0 Å². The number of anilines is 2. The standard InChI is InChI=1S/C17H19N5O3/c1-21(2)15(23)10-4-6-11(7-5-10)22-9-8-12-13(16(22)24)14(18)20-17(19-12)25-3/h4-7H,8-9H2,1-3H3,(H2,18,19,20). The molecule has 0 fully saturated rings. The molecule has 2 amide bonds. The first-order valence-electron chi connectivity index (χ1n) is 7.76. The summed E-state index contributed by atoms with van der Waals surface area (Å²) in [7, 11) is 4.84. The number of carbonyl (C=O) groups excluding carboxylic acids is 2. The molecule has 0 saturated carbocycles. The fourth-order valence-electron chi connectivity index (χ4n) is 2.75. The molecule has 1 aromatic carbocycles. The lowest BCUT2D eigenvalue weighted by molar-refractivity contribution is 0.0827. The second kappa shape index (κ2) is 6.39. The maximum atomic E-state index is 12.8. The lowest BCUT2D eigenvalue weighted by Crippen LogP contribution is -2.39. The number of nitrogens with two attached hydrogens (primary N) is 1. The van der Waals surface area contributed by atoms with Gasteiger partial charge < -0.3 is 20.3 Å². The number of hydrogen-bond donors (Lipinski definition) is 1. The molecule has 8 nitrogen and oxygen atoms in total. The zero-order valence-electron chi connectivity index (χ0n) is 14.3. The third kappa shape index (κ3) is 2.98. The third-order valence-electron chi connectivity index (χ3n) is 4.04. The molecule has 1 aliphatic rings. The molecule has 2 heterocycles. The van der Waals surface area contributed by atoms with Crippen molar-refractivity contribution in [3.63, 3.8) is 0 Å². The molecular weight excluding hydrogens is 322 g/mol. The maximum Gasteiger partial charge on any atom is 0.318 e. The van der Waals surface area contributed by atoms with E-state index in [9.17, 15) is 9.59 Å². The smallest absolute Gasteiger partial charge is 0.318 e. The zero-order chi connectivity index (χ0) is 18.1. The van der Waals surface area contributed by atoms with Crippen LogP contribution in [0.4, 0.5) is 11.5 Å². The molecule has 0 spiro atoms. The highest BCUT2D eigenvalue weighted by Gasteiger charge is 2.30. The van der Waals surface area contributed by atoms with Gasteiger partial charge in [0.15, 0.2) is 0 Å². The van der Waals surface area contributed by atoms with Crippen LogP contribution in [-0.4, -0.2) is 54.4 Å². The van der Waals surface area contributed by atoms with Gasteiger partial charge in [-0.2, -0.15) is 9.97 Å². The maximum absolute atomic E-state index is 12.8. The predicted octanol–water partition coefficient (Wildman–Crippen LogP) is 0.972. The van der Waals surface area contributed by atoms with Gasteiger partial charge in [0.25, 0.3) is 11.8 Å². The van der Waals surface area contributed by atoms with E-state index in [4.69, 9.17) is 10.5 Å². The molecular formula is C17H19N5O3. The molecule has 2 N–H and O–H groups in total. The molecule has 2 aromatic rings. The highest BCUT2D eigenvalue weighted by Crippen LogP contribution is 2.28. The summed E-state index contributed by atoms with van der Waals surface area (Å²) in [5, 5.41) is 0. The van der Waals surface area contributed by atoms with Crippen LogP contribution in [0, 0.1) is 0 Å². The minimum atomic E-state index is -0.256. The molecule has 0 atom stereocenters. The molecule has 0 unspecified atom stereocenters. The number of fused-ring (bicyclic) bond motifs is 1. The molecule has 0 aliphatic carbocycles. The molecule has 130 valence electrons. The summed E-state index contributed by atoms with van der Waals surface area (Å²) >= 11 is 0. The molecule has 0 saturated heterocycles. The first-order chi connectivity index (χ1) is 11.9. The number of carbonyl (C=O) groups is 2. The Balaban J connectivity index is 1.91. The van der Waals surface area contributed by atoms with Crippen molar-refractivity contribution in [3.05, 3.63) is 41.1 Å². The second-order valence-electron chi connectivity index (χ2n) is 5.87. The summed E-state index contributed by atoms with van der Waals surface area (Å²) in [4.78, 5) is 36.1. The van der Waals surface area contributed by atoms with Crippen LogP contribution in [0.2, 0.25) is 0 Å². The van der Waals surface area contributed by atoms with E-state index in [1.54, 1.807) is 43.3 Å². The number of nitrogen functional groups attached to an aromatic ring is 1. The Morgan fingerprint density at radius 2 is 1.92 bits per heavy atom. The highest BCUT2D eigenvalue weighted by molar-refractivity contribution is 6.10. The van der Waals surface area contributed by atoms with Crippen LogP contribution in [0.15, 0.2) is 24.3 Å². The number of aromatic nitrogens is 2. The Hall–Kier alpha value is -3.16. The van der Waals surface area contributed by atoms with Crippen molar-refractivity contribution in [2.75, 3.05) is 38.4 Å². The highest BCUT2D eigenvalue weighted by atomic mass is 16.5. The van der Waals surface area contributed by atoms with Gasteiger partial charge in [0.1, 0.15) is 11.4 Å². The molecule has 25 heavy (non-hydrogen) atoms. The van der Waals surface area contributed by atoms with Gasteiger partial charge in [0.2, 0.25) is 0 Å². The lowest BCUT2D eigenvalue weighted by atomic mass is 10.0. The van der Waals surface area contributed by atoms with Crippen LogP contribution in [0.25, 0.3) is 0 Å². The van der Waals surface area contributed by atoms with Crippen LogP contribution >= 0.6 is 0 Å². The third-order valence-corrected chi connectivity index (χ3v) is 4.04. The Bertz CT molecular complexity index is 833. The lowest BCUT2D eigenvalue weighted by Gasteiger charge is -2.28. The number of benzene rings is 1. The second-order valence-corrected chi connectivity index (χ2v) is 5.87. The van der Waals surface area contributed by atoms with Gasteiger partial charge in [-0.3, -0.25) is 9.59 Å². The fraction of sp³-hybridized carbons (Fsp3) is 0.294. The molecule has 1 aromatic heterocycles. The number of methoxy groups -OCH3 is 1. The monoisotopic (exact) mass is 341 g/mol. The van der Waals surface area contributed by atoms with E-state index < -0.39 is 0 Å². The Kier molecular flexibility index (Phi) is 4.26. The topological polar surface area (TPSA) is 102 Å². The summed E-state index contributed by atoms with van der Waals surface area (Å²) in [6.07, 6.45) is 0.544. The normalized spacial score (nSPS) is 13.4. The largest absolute Gasteiger partial charge is 0.467 e. The quantitative estimate of drug-likeness (QED) is 0.893. The van der Waals surface area contributed by atoms with Crippen LogP contribution in [0.3, 0.4) is 0 Å². The van der Waals surface area contributed by atoms with E-state index in [0.717, 1.165) is 0 Å². The van der Waals surface area contributed by atoms with Crippen LogP contribution in [0.5, 0.6) is 6.01 Å². The van der Waals surface area contributed by atoms with Crippen LogP contribution < -0.4 is 15.4 Å². The zero-order valence-corrected chi connectivity index (χ0v) is 14.3. The van der Waals surface area contributed by atoms with Crippen molar-refractivity contribution < 1.29 is 14.3 Å². The molecule has 0 radical (unpaired) electrons. The van der Waals surface area contributed by atoms with E-state index in [0.29, 0.717) is 35.5 Å². The first-order valence-corrected chi connectivity index (χ1v) is 7.76. The van der Waals surface area contributed by atoms with Crippen molar-refractivity contribution >= 4 is 23.3 Å².